The summed E-state index contributed by atoms with van der Waals surface area (Å²) in [7, 11) is 0. The van der Waals surface area contributed by atoms with E-state index in [1.165, 1.54) is 12.4 Å². The summed E-state index contributed by atoms with van der Waals surface area (Å²) in [5, 5.41) is 9.98. The fraction of sp³-hybridized carbons (Fsp3) is 0.385. The Morgan fingerprint density at radius 2 is 2.17 bits per heavy atom. The molecule has 0 bridgehead atoms. The molecule has 2 aromatic rings. The largest absolute Gasteiger partial charge is 0.301 e. The van der Waals surface area contributed by atoms with Gasteiger partial charge in [-0.2, -0.15) is 5.10 Å². The van der Waals surface area contributed by atoms with Gasteiger partial charge in [-0.25, -0.2) is 9.37 Å². The van der Waals surface area contributed by atoms with Crippen LogP contribution >= 0.6 is 0 Å². The summed E-state index contributed by atoms with van der Waals surface area (Å²) in [5.74, 6) is 0.575. The number of rotatable bonds is 5. The molecule has 1 aromatic heterocycles. The maximum atomic E-state index is 13.7. The first kappa shape index (κ1) is 12.7. The van der Waals surface area contributed by atoms with E-state index >= 15 is 0 Å². The van der Waals surface area contributed by atoms with Gasteiger partial charge in [0.05, 0.1) is 6.04 Å². The van der Waals surface area contributed by atoms with Crippen molar-refractivity contribution in [3.05, 3.63) is 47.8 Å². The fourth-order valence-electron chi connectivity index (χ4n) is 1.99. The van der Waals surface area contributed by atoms with Crippen LogP contribution in [0.1, 0.15) is 43.7 Å². The summed E-state index contributed by atoms with van der Waals surface area (Å²) in [6.07, 6.45) is 2.27. The first-order chi connectivity index (χ1) is 8.72. The summed E-state index contributed by atoms with van der Waals surface area (Å²) in [4.78, 5) is 4.10. The van der Waals surface area contributed by atoms with E-state index in [-0.39, 0.29) is 17.9 Å². The number of benzene rings is 1. The number of halogens is 1. The van der Waals surface area contributed by atoms with Crippen LogP contribution in [0.5, 0.6) is 0 Å². The minimum absolute atomic E-state index is 0.00273. The minimum atomic E-state index is -0.179. The molecule has 0 saturated heterocycles. The van der Waals surface area contributed by atoms with Gasteiger partial charge in [0.1, 0.15) is 18.0 Å². The zero-order valence-electron chi connectivity index (χ0n) is 10.5. The van der Waals surface area contributed by atoms with Crippen LogP contribution in [-0.4, -0.2) is 15.2 Å². The van der Waals surface area contributed by atoms with Crippen LogP contribution in [0.4, 0.5) is 4.39 Å². The van der Waals surface area contributed by atoms with E-state index in [0.29, 0.717) is 5.56 Å². The highest BCUT2D eigenvalue weighted by Crippen LogP contribution is 2.22. The molecule has 0 radical (unpaired) electrons. The quantitative estimate of drug-likeness (QED) is 0.855. The Morgan fingerprint density at radius 3 is 2.78 bits per heavy atom. The summed E-state index contributed by atoms with van der Waals surface area (Å²) in [5.41, 5.74) is 0.686. The number of H-pyrrole nitrogens is 1. The van der Waals surface area contributed by atoms with E-state index in [2.05, 4.69) is 20.5 Å². The predicted molar refractivity (Wildman–Crippen MR) is 67.4 cm³/mol. The molecule has 0 saturated carbocycles. The second-order valence-corrected chi connectivity index (χ2v) is 4.24. The SMILES string of the molecule is CCC(NC(C)c1ncn[nH]1)c1ccccc1F. The molecule has 2 rings (SSSR count). The molecule has 0 amide bonds. The van der Waals surface area contributed by atoms with Crippen molar-refractivity contribution in [2.45, 2.75) is 32.4 Å². The van der Waals surface area contributed by atoms with E-state index in [0.717, 1.165) is 12.2 Å². The molecule has 2 atom stereocenters. The van der Waals surface area contributed by atoms with Crippen LogP contribution in [0, 0.1) is 5.82 Å². The summed E-state index contributed by atoms with van der Waals surface area (Å²) >= 11 is 0. The van der Waals surface area contributed by atoms with Crippen LogP contribution < -0.4 is 5.32 Å². The zero-order valence-corrected chi connectivity index (χ0v) is 10.5. The van der Waals surface area contributed by atoms with Gasteiger partial charge in [0.25, 0.3) is 0 Å². The molecular formula is C13H17FN4. The Hall–Kier alpha value is -1.75. The lowest BCUT2D eigenvalue weighted by Crippen LogP contribution is -2.25. The van der Waals surface area contributed by atoms with Crippen LogP contribution in [0.15, 0.2) is 30.6 Å². The van der Waals surface area contributed by atoms with E-state index in [4.69, 9.17) is 0 Å². The molecule has 2 N–H and O–H groups in total. The van der Waals surface area contributed by atoms with Crippen LogP contribution in [0.25, 0.3) is 0 Å². The van der Waals surface area contributed by atoms with E-state index in [9.17, 15) is 4.39 Å². The van der Waals surface area contributed by atoms with E-state index < -0.39 is 0 Å². The first-order valence-corrected chi connectivity index (χ1v) is 6.08. The Morgan fingerprint density at radius 1 is 1.39 bits per heavy atom. The summed E-state index contributed by atoms with van der Waals surface area (Å²) < 4.78 is 13.7. The van der Waals surface area contributed by atoms with Gasteiger partial charge in [0.15, 0.2) is 0 Å². The van der Waals surface area contributed by atoms with Crippen molar-refractivity contribution < 1.29 is 4.39 Å². The Labute approximate surface area is 106 Å². The third-order valence-corrected chi connectivity index (χ3v) is 2.98. The standard InChI is InChI=1S/C13H17FN4/c1-3-12(10-6-4-5-7-11(10)14)17-9(2)13-15-8-16-18-13/h4-9,12,17H,3H2,1-2H3,(H,15,16,18). The molecule has 0 aliphatic rings. The lowest BCUT2D eigenvalue weighted by Gasteiger charge is -2.21. The molecule has 18 heavy (non-hydrogen) atoms. The minimum Gasteiger partial charge on any atom is -0.301 e. The molecule has 1 aromatic carbocycles. The molecule has 2 unspecified atom stereocenters. The van der Waals surface area contributed by atoms with Crippen molar-refractivity contribution in [1.82, 2.24) is 20.5 Å². The summed E-state index contributed by atoms with van der Waals surface area (Å²) in [6.45, 7) is 4.00. The van der Waals surface area contributed by atoms with Crippen LogP contribution in [0.2, 0.25) is 0 Å². The van der Waals surface area contributed by atoms with Crippen molar-refractivity contribution >= 4 is 0 Å². The smallest absolute Gasteiger partial charge is 0.141 e. The molecular weight excluding hydrogens is 231 g/mol. The average molecular weight is 248 g/mol. The van der Waals surface area contributed by atoms with Crippen LogP contribution in [-0.2, 0) is 0 Å². The monoisotopic (exact) mass is 248 g/mol. The lowest BCUT2D eigenvalue weighted by atomic mass is 10.0. The molecule has 96 valence electrons. The molecule has 5 heteroatoms. The topological polar surface area (TPSA) is 53.6 Å². The maximum absolute atomic E-state index is 13.7. The normalized spacial score (nSPS) is 14.4. The number of hydrogen-bond acceptors (Lipinski definition) is 3. The van der Waals surface area contributed by atoms with Crippen molar-refractivity contribution in [3.63, 3.8) is 0 Å². The third kappa shape index (κ3) is 2.73. The molecule has 0 fully saturated rings. The highest BCUT2D eigenvalue weighted by molar-refractivity contribution is 5.21. The summed E-state index contributed by atoms with van der Waals surface area (Å²) in [6, 6.07) is 6.80. The molecule has 0 aliphatic carbocycles. The van der Waals surface area contributed by atoms with Gasteiger partial charge in [-0.05, 0) is 19.4 Å². The number of aromatic nitrogens is 3. The lowest BCUT2D eigenvalue weighted by molar-refractivity contribution is 0.428. The number of nitrogens with zero attached hydrogens (tertiary/aromatic N) is 2. The third-order valence-electron chi connectivity index (χ3n) is 2.98. The number of hydrogen-bond donors (Lipinski definition) is 2. The average Bonchev–Trinajstić information content (AvgIpc) is 2.90. The molecule has 0 aliphatic heterocycles. The molecule has 1 heterocycles. The van der Waals surface area contributed by atoms with Gasteiger partial charge in [0, 0.05) is 11.6 Å². The zero-order chi connectivity index (χ0) is 13.0. The Bertz CT molecular complexity index is 483. The highest BCUT2D eigenvalue weighted by Gasteiger charge is 2.17. The van der Waals surface area contributed by atoms with Gasteiger partial charge in [0.2, 0.25) is 0 Å². The van der Waals surface area contributed by atoms with Crippen LogP contribution in [0.3, 0.4) is 0 Å². The van der Waals surface area contributed by atoms with Crippen molar-refractivity contribution in [1.29, 1.82) is 0 Å². The van der Waals surface area contributed by atoms with E-state index in [1.807, 2.05) is 26.0 Å². The van der Waals surface area contributed by atoms with Gasteiger partial charge >= 0.3 is 0 Å². The van der Waals surface area contributed by atoms with Crippen molar-refractivity contribution in [3.8, 4) is 0 Å². The first-order valence-electron chi connectivity index (χ1n) is 6.08. The van der Waals surface area contributed by atoms with Crippen molar-refractivity contribution in [2.24, 2.45) is 0 Å². The van der Waals surface area contributed by atoms with E-state index in [1.54, 1.807) is 6.07 Å². The fourth-order valence-corrected chi connectivity index (χ4v) is 1.99. The maximum Gasteiger partial charge on any atom is 0.141 e. The predicted octanol–water partition coefficient (Wildman–Crippen LogP) is 2.75. The van der Waals surface area contributed by atoms with Gasteiger partial charge in [-0.3, -0.25) is 5.10 Å². The second-order valence-electron chi connectivity index (χ2n) is 4.24. The molecule has 0 spiro atoms. The molecule has 4 nitrogen and oxygen atoms in total. The Kier molecular flexibility index (Phi) is 4.04. The van der Waals surface area contributed by atoms with Gasteiger partial charge < -0.3 is 5.32 Å². The number of nitrogens with one attached hydrogen (secondary N) is 2. The van der Waals surface area contributed by atoms with Gasteiger partial charge in [-0.1, -0.05) is 25.1 Å². The second kappa shape index (κ2) is 5.73. The van der Waals surface area contributed by atoms with Gasteiger partial charge in [-0.15, -0.1) is 0 Å². The Balaban J connectivity index is 2.13. The number of aromatic amines is 1. The van der Waals surface area contributed by atoms with Crippen molar-refractivity contribution in [2.75, 3.05) is 0 Å². The highest BCUT2D eigenvalue weighted by atomic mass is 19.1.